The van der Waals surface area contributed by atoms with Crippen LogP contribution in [0.15, 0.2) is 67.0 Å². The number of pyridine rings is 1. The Hall–Kier alpha value is -2.43. The van der Waals surface area contributed by atoms with Gasteiger partial charge < -0.3 is 9.30 Å². The molecule has 0 aliphatic rings. The lowest BCUT2D eigenvalue weighted by Gasteiger charge is -2.16. The van der Waals surface area contributed by atoms with Gasteiger partial charge in [0.25, 0.3) is 0 Å². The van der Waals surface area contributed by atoms with Gasteiger partial charge in [0, 0.05) is 37.2 Å². The summed E-state index contributed by atoms with van der Waals surface area (Å²) in [5.74, 6) is 0. The van der Waals surface area contributed by atoms with Crippen molar-refractivity contribution in [3.8, 4) is 11.1 Å². The Morgan fingerprint density at radius 3 is 2.41 bits per heavy atom. The summed E-state index contributed by atoms with van der Waals surface area (Å²) in [6, 6.07) is 20.2. The number of hydrogen-bond donors (Lipinski definition) is 0. The quantitative estimate of drug-likeness (QED) is 0.298. The third-order valence-electron chi connectivity index (χ3n) is 4.98. The molecule has 4 heteroatoms. The minimum Gasteiger partial charge on any atom is -0.361 e. The van der Waals surface area contributed by atoms with Crippen molar-refractivity contribution in [2.75, 3.05) is 6.61 Å². The topological polar surface area (TPSA) is 27.1 Å². The molecule has 0 amide bonds. The predicted molar refractivity (Wildman–Crippen MR) is 117 cm³/mol. The van der Waals surface area contributed by atoms with Crippen molar-refractivity contribution in [2.24, 2.45) is 0 Å². The lowest BCUT2D eigenvalue weighted by atomic mass is 10.0. The molecule has 2 heterocycles. The summed E-state index contributed by atoms with van der Waals surface area (Å²) < 4.78 is 8.34. The lowest BCUT2D eigenvalue weighted by Crippen LogP contribution is -2.22. The molecule has 0 radical (unpaired) electrons. The minimum absolute atomic E-state index is 0.564. The summed E-state index contributed by atoms with van der Waals surface area (Å²) >= 11 is 0. The van der Waals surface area contributed by atoms with E-state index < -0.39 is 8.07 Å². The van der Waals surface area contributed by atoms with Crippen LogP contribution in [0.25, 0.3) is 32.9 Å². The van der Waals surface area contributed by atoms with E-state index >= 15 is 0 Å². The van der Waals surface area contributed by atoms with E-state index in [-0.39, 0.29) is 0 Å². The van der Waals surface area contributed by atoms with E-state index in [0.717, 1.165) is 12.1 Å². The Morgan fingerprint density at radius 2 is 1.63 bits per heavy atom. The van der Waals surface area contributed by atoms with Crippen LogP contribution in [0.1, 0.15) is 0 Å². The van der Waals surface area contributed by atoms with E-state index in [1.54, 1.807) is 0 Å². The molecule has 27 heavy (non-hydrogen) atoms. The van der Waals surface area contributed by atoms with Crippen LogP contribution in [0.4, 0.5) is 0 Å². The summed E-state index contributed by atoms with van der Waals surface area (Å²) in [5, 5.41) is 2.50. The summed E-state index contributed by atoms with van der Waals surface area (Å²) in [4.78, 5) is 4.54. The average Bonchev–Trinajstić information content (AvgIpc) is 2.99. The molecule has 0 aliphatic heterocycles. The van der Waals surface area contributed by atoms with Crippen LogP contribution in [0.3, 0.4) is 0 Å². The van der Waals surface area contributed by atoms with E-state index in [9.17, 15) is 0 Å². The maximum absolute atomic E-state index is 6.09. The van der Waals surface area contributed by atoms with Gasteiger partial charge in [-0.3, -0.25) is 4.98 Å². The number of hydrogen-bond acceptors (Lipinski definition) is 2. The Bertz CT molecular complexity index is 1060. The van der Waals surface area contributed by atoms with Gasteiger partial charge in [-0.15, -0.1) is 0 Å². The summed E-state index contributed by atoms with van der Waals surface area (Å²) in [5.41, 5.74) is 4.69. The molecule has 0 atom stereocenters. The molecule has 0 N–H and O–H groups in total. The number of aromatic nitrogens is 2. The van der Waals surface area contributed by atoms with Crippen LogP contribution in [0.2, 0.25) is 25.7 Å². The molecule has 4 aromatic rings. The van der Waals surface area contributed by atoms with E-state index in [4.69, 9.17) is 4.74 Å². The van der Waals surface area contributed by atoms with E-state index in [1.807, 2.05) is 18.5 Å². The normalized spacial score (nSPS) is 12.1. The Labute approximate surface area is 161 Å². The number of ether oxygens (including phenoxy) is 1. The van der Waals surface area contributed by atoms with Gasteiger partial charge in [-0.25, -0.2) is 0 Å². The maximum Gasteiger partial charge on any atom is 0.123 e. The zero-order valence-corrected chi connectivity index (χ0v) is 17.3. The SMILES string of the molecule is C[Si](C)(C)CCOCn1c2ccccc2c2c(-c3ccccc3)cncc21. The lowest BCUT2D eigenvalue weighted by molar-refractivity contribution is 0.0929. The van der Waals surface area contributed by atoms with Gasteiger partial charge in [-0.1, -0.05) is 68.2 Å². The first kappa shape index (κ1) is 18.0. The van der Waals surface area contributed by atoms with Crippen molar-refractivity contribution in [1.82, 2.24) is 9.55 Å². The average molecular weight is 375 g/mol. The van der Waals surface area contributed by atoms with E-state index in [0.29, 0.717) is 6.73 Å². The number of para-hydroxylation sites is 1. The first-order valence-corrected chi connectivity index (χ1v) is 13.2. The molecule has 0 unspecified atom stereocenters. The zero-order chi connectivity index (χ0) is 18.9. The van der Waals surface area contributed by atoms with Crippen LogP contribution in [-0.2, 0) is 11.5 Å². The molecule has 3 nitrogen and oxygen atoms in total. The summed E-state index contributed by atoms with van der Waals surface area (Å²) in [7, 11) is -1.09. The summed E-state index contributed by atoms with van der Waals surface area (Å²) in [6.45, 7) is 8.52. The van der Waals surface area contributed by atoms with Crippen molar-refractivity contribution < 1.29 is 4.74 Å². The second-order valence-electron chi connectivity index (χ2n) is 8.24. The Kier molecular flexibility index (Phi) is 4.85. The first-order chi connectivity index (χ1) is 13.0. The molecule has 0 saturated carbocycles. The van der Waals surface area contributed by atoms with Gasteiger partial charge in [-0.2, -0.15) is 0 Å². The molecule has 0 saturated heterocycles. The van der Waals surface area contributed by atoms with Crippen LogP contribution in [-0.4, -0.2) is 24.2 Å². The largest absolute Gasteiger partial charge is 0.361 e. The van der Waals surface area contributed by atoms with Gasteiger partial charge in [0.05, 0.1) is 17.2 Å². The first-order valence-electron chi connectivity index (χ1n) is 9.53. The van der Waals surface area contributed by atoms with Crippen molar-refractivity contribution >= 4 is 29.9 Å². The molecule has 0 aliphatic carbocycles. The highest BCUT2D eigenvalue weighted by atomic mass is 28.3. The fourth-order valence-corrected chi connectivity index (χ4v) is 4.25. The Balaban J connectivity index is 1.80. The van der Waals surface area contributed by atoms with Crippen LogP contribution >= 0.6 is 0 Å². The van der Waals surface area contributed by atoms with Crippen molar-refractivity contribution in [1.29, 1.82) is 0 Å². The van der Waals surface area contributed by atoms with Crippen molar-refractivity contribution in [3.05, 3.63) is 67.0 Å². The van der Waals surface area contributed by atoms with E-state index in [1.165, 1.54) is 33.5 Å². The fraction of sp³-hybridized carbons (Fsp3) is 0.261. The molecule has 0 bridgehead atoms. The molecular weight excluding hydrogens is 348 g/mol. The number of fused-ring (bicyclic) bond motifs is 3. The van der Waals surface area contributed by atoms with Crippen molar-refractivity contribution in [2.45, 2.75) is 32.4 Å². The number of benzene rings is 2. The number of rotatable bonds is 6. The van der Waals surface area contributed by atoms with Crippen LogP contribution in [0, 0.1) is 0 Å². The second kappa shape index (κ2) is 7.29. The molecule has 2 aromatic heterocycles. The predicted octanol–water partition coefficient (Wildman–Crippen LogP) is 6.17. The Morgan fingerprint density at radius 1 is 0.889 bits per heavy atom. The van der Waals surface area contributed by atoms with E-state index in [2.05, 4.69) is 77.7 Å². The maximum atomic E-state index is 6.09. The highest BCUT2D eigenvalue weighted by molar-refractivity contribution is 6.76. The summed E-state index contributed by atoms with van der Waals surface area (Å²) in [6.07, 6.45) is 3.93. The highest BCUT2D eigenvalue weighted by Crippen LogP contribution is 2.35. The molecule has 4 rings (SSSR count). The third kappa shape index (κ3) is 3.68. The second-order valence-corrected chi connectivity index (χ2v) is 13.9. The van der Waals surface area contributed by atoms with Gasteiger partial charge in [0.15, 0.2) is 0 Å². The molecule has 0 fully saturated rings. The molecule has 2 aromatic carbocycles. The van der Waals surface area contributed by atoms with Crippen LogP contribution < -0.4 is 0 Å². The molecule has 138 valence electrons. The fourth-order valence-electron chi connectivity index (χ4n) is 3.50. The standard InChI is InChI=1S/C23H26N2OSi/c1-27(2,3)14-13-26-17-25-21-12-8-7-11-19(21)23-20(15-24-16-22(23)25)18-9-5-4-6-10-18/h4-12,15-16H,13-14,17H2,1-3H3. The van der Waals surface area contributed by atoms with Crippen molar-refractivity contribution in [3.63, 3.8) is 0 Å². The van der Waals surface area contributed by atoms with Crippen LogP contribution in [0.5, 0.6) is 0 Å². The molecule has 0 spiro atoms. The third-order valence-corrected chi connectivity index (χ3v) is 6.69. The van der Waals surface area contributed by atoms with Gasteiger partial charge >= 0.3 is 0 Å². The highest BCUT2D eigenvalue weighted by Gasteiger charge is 2.16. The van der Waals surface area contributed by atoms with Gasteiger partial charge in [0.1, 0.15) is 6.73 Å². The van der Waals surface area contributed by atoms with Gasteiger partial charge in [0.2, 0.25) is 0 Å². The molecular formula is C23H26N2OSi. The van der Waals surface area contributed by atoms with Gasteiger partial charge in [-0.05, 0) is 17.7 Å². The number of nitrogens with zero attached hydrogens (tertiary/aromatic N) is 2. The smallest absolute Gasteiger partial charge is 0.123 e. The zero-order valence-electron chi connectivity index (χ0n) is 16.3. The minimum atomic E-state index is -1.09. The monoisotopic (exact) mass is 374 g/mol.